The molecule has 426 valence electrons. The van der Waals surface area contributed by atoms with Gasteiger partial charge in [0.25, 0.3) is 5.91 Å². The Morgan fingerprint density at radius 3 is 2.38 bits per heavy atom. The van der Waals surface area contributed by atoms with Gasteiger partial charge in [0.05, 0.1) is 44.5 Å². The molecule has 4 fully saturated rings. The first-order valence-corrected chi connectivity index (χ1v) is 28.9. The van der Waals surface area contributed by atoms with Gasteiger partial charge in [-0.25, -0.2) is 13.8 Å². The molecule has 8 heterocycles. The number of carbonyl (C=O) groups excluding carboxylic acids is 2. The number of amides is 2. The zero-order valence-corrected chi connectivity index (χ0v) is 46.7. The van der Waals surface area contributed by atoms with Crippen molar-refractivity contribution < 1.29 is 32.6 Å². The lowest BCUT2D eigenvalue weighted by Gasteiger charge is -2.43. The van der Waals surface area contributed by atoms with Crippen LogP contribution in [0.1, 0.15) is 67.4 Å². The zero-order valence-electron chi connectivity index (χ0n) is 46.7. The molecule has 3 N–H and O–H groups in total. The van der Waals surface area contributed by atoms with Crippen molar-refractivity contribution >= 4 is 51.2 Å². The van der Waals surface area contributed by atoms with Crippen molar-refractivity contribution in [2.75, 3.05) is 146 Å². The van der Waals surface area contributed by atoms with Gasteiger partial charge in [-0.1, -0.05) is 12.1 Å². The lowest BCUT2D eigenvalue weighted by atomic mass is 9.88. The van der Waals surface area contributed by atoms with Gasteiger partial charge in [0.1, 0.15) is 23.1 Å². The number of ether oxygens (including phenoxy) is 3. The number of carbonyl (C=O) groups is 2. The molecule has 2 amide bonds. The number of piperazine rings is 1. The summed E-state index contributed by atoms with van der Waals surface area (Å²) < 4.78 is 50.0. The predicted molar refractivity (Wildman–Crippen MR) is 311 cm³/mol. The number of aromatic amines is 1. The molecule has 3 aromatic carbocycles. The molecule has 19 heteroatoms. The Balaban J connectivity index is 0.679. The molecule has 0 unspecified atom stereocenters. The highest BCUT2D eigenvalue weighted by Gasteiger charge is 2.47. The summed E-state index contributed by atoms with van der Waals surface area (Å²) in [5.41, 5.74) is 12.2. The SMILES string of the molecule is COc1cc(N2CCN(CCOCCOCC[C@@H]3CN(c4cc(N5CCCCC5)ccn4)[C@@H]4CCCN(c5cccc(F)c5)[C@H]34)CC2)ccc1-c1cc(C2=CCCN(C(=O)CCN3C=CNN3)C2)c(F)c2[nH]c(C(=O)N(C)C)cc12. The highest BCUT2D eigenvalue weighted by Crippen LogP contribution is 2.44. The Kier molecular flexibility index (Phi) is 17.4. The summed E-state index contributed by atoms with van der Waals surface area (Å²) in [4.78, 5) is 50.2. The Bertz CT molecular complexity index is 3030. The van der Waals surface area contributed by atoms with Crippen molar-refractivity contribution in [3.8, 4) is 16.9 Å². The number of pyridine rings is 1. The summed E-state index contributed by atoms with van der Waals surface area (Å²) in [6, 6.07) is 21.8. The highest BCUT2D eigenvalue weighted by atomic mass is 19.1. The molecule has 80 heavy (non-hydrogen) atoms. The smallest absolute Gasteiger partial charge is 0.269 e. The lowest BCUT2D eigenvalue weighted by molar-refractivity contribution is -0.131. The Morgan fingerprint density at radius 2 is 1.59 bits per heavy atom. The third kappa shape index (κ3) is 12.2. The molecule has 0 bridgehead atoms. The summed E-state index contributed by atoms with van der Waals surface area (Å²) in [6.45, 7) is 11.8. The molecule has 6 aliphatic rings. The summed E-state index contributed by atoms with van der Waals surface area (Å²) in [5, 5.41) is 2.38. The summed E-state index contributed by atoms with van der Waals surface area (Å²) in [7, 11) is 4.99. The van der Waals surface area contributed by atoms with Gasteiger partial charge in [-0.3, -0.25) is 19.5 Å². The van der Waals surface area contributed by atoms with Crippen molar-refractivity contribution in [2.45, 2.75) is 63.5 Å². The second kappa shape index (κ2) is 25.2. The topological polar surface area (TPSA) is 140 Å². The van der Waals surface area contributed by atoms with E-state index in [1.54, 1.807) is 49.4 Å². The quantitative estimate of drug-likeness (QED) is 0.0656. The fourth-order valence-electron chi connectivity index (χ4n) is 12.9. The van der Waals surface area contributed by atoms with E-state index in [1.807, 2.05) is 48.8 Å². The number of piperidine rings is 2. The van der Waals surface area contributed by atoms with Gasteiger partial charge in [0, 0.05) is 176 Å². The van der Waals surface area contributed by atoms with Crippen LogP contribution in [0.3, 0.4) is 0 Å². The molecule has 17 nitrogen and oxygen atoms in total. The van der Waals surface area contributed by atoms with Crippen LogP contribution in [0.4, 0.5) is 31.7 Å². The summed E-state index contributed by atoms with van der Waals surface area (Å²) >= 11 is 0. The van der Waals surface area contributed by atoms with Crippen molar-refractivity contribution in [3.63, 3.8) is 0 Å². The van der Waals surface area contributed by atoms with Gasteiger partial charge in [-0.15, -0.1) is 5.53 Å². The van der Waals surface area contributed by atoms with Crippen LogP contribution in [-0.4, -0.2) is 180 Å². The van der Waals surface area contributed by atoms with E-state index in [-0.39, 0.29) is 47.5 Å². The van der Waals surface area contributed by atoms with E-state index in [2.05, 4.69) is 58.6 Å². The molecule has 0 aliphatic carbocycles. The maximum absolute atomic E-state index is 16.8. The van der Waals surface area contributed by atoms with Crippen LogP contribution in [0.2, 0.25) is 0 Å². The second-order valence-corrected chi connectivity index (χ2v) is 22.2. The van der Waals surface area contributed by atoms with Crippen LogP contribution >= 0.6 is 0 Å². The summed E-state index contributed by atoms with van der Waals surface area (Å²) in [6.07, 6.45) is 15.2. The predicted octanol–water partition coefficient (Wildman–Crippen LogP) is 7.73. The summed E-state index contributed by atoms with van der Waals surface area (Å²) in [5.74, 6) is 1.06. The third-order valence-electron chi connectivity index (χ3n) is 17.1. The van der Waals surface area contributed by atoms with E-state index >= 15 is 4.39 Å². The monoisotopic (exact) mass is 1100 g/mol. The van der Waals surface area contributed by atoms with Crippen LogP contribution in [-0.2, 0) is 14.3 Å². The van der Waals surface area contributed by atoms with Crippen molar-refractivity contribution in [1.29, 1.82) is 0 Å². The van der Waals surface area contributed by atoms with E-state index in [1.165, 1.54) is 35.9 Å². The average Bonchev–Trinajstić information content (AvgIpc) is 4.32. The van der Waals surface area contributed by atoms with Crippen LogP contribution < -0.4 is 35.3 Å². The first-order chi connectivity index (χ1) is 39.1. The number of nitrogens with one attached hydrogen (secondary N) is 3. The van der Waals surface area contributed by atoms with Crippen LogP contribution in [0.25, 0.3) is 27.6 Å². The van der Waals surface area contributed by atoms with Crippen LogP contribution in [0, 0.1) is 17.6 Å². The fraction of sp³-hybridized carbons (Fsp3) is 0.492. The molecule has 3 atom stereocenters. The first-order valence-electron chi connectivity index (χ1n) is 28.9. The van der Waals surface area contributed by atoms with Gasteiger partial charge in [0.2, 0.25) is 5.91 Å². The number of anilines is 4. The normalized spacial score (nSPS) is 20.6. The Morgan fingerprint density at radius 1 is 0.775 bits per heavy atom. The minimum absolute atomic E-state index is 0.0113. The second-order valence-electron chi connectivity index (χ2n) is 22.2. The van der Waals surface area contributed by atoms with Gasteiger partial charge in [-0.05, 0) is 105 Å². The third-order valence-corrected chi connectivity index (χ3v) is 17.1. The molecular formula is C61H78F2N12O5. The number of fused-ring (bicyclic) bond motifs is 2. The molecule has 11 rings (SSSR count). The molecule has 6 aliphatic heterocycles. The maximum Gasteiger partial charge on any atom is 0.269 e. The number of hydrogen-bond donors (Lipinski definition) is 3. The van der Waals surface area contributed by atoms with Gasteiger partial charge >= 0.3 is 0 Å². The molecule has 0 spiro atoms. The van der Waals surface area contributed by atoms with Crippen molar-refractivity contribution in [2.24, 2.45) is 5.92 Å². The van der Waals surface area contributed by atoms with E-state index in [0.29, 0.717) is 80.5 Å². The average molecular weight is 1100 g/mol. The fourth-order valence-corrected chi connectivity index (χ4v) is 12.9. The van der Waals surface area contributed by atoms with E-state index in [4.69, 9.17) is 19.2 Å². The number of benzene rings is 3. The van der Waals surface area contributed by atoms with E-state index in [0.717, 1.165) is 106 Å². The number of H-pyrrole nitrogens is 1. The number of hydrazine groups is 2. The first kappa shape index (κ1) is 55.0. The van der Waals surface area contributed by atoms with Crippen LogP contribution in [0.5, 0.6) is 5.75 Å². The molecular weight excluding hydrogens is 1020 g/mol. The molecule has 4 saturated heterocycles. The molecule has 2 aromatic heterocycles. The van der Waals surface area contributed by atoms with Crippen molar-refractivity contribution in [3.05, 3.63) is 114 Å². The number of rotatable bonds is 20. The number of hydrogen-bond acceptors (Lipinski definition) is 14. The molecule has 0 radical (unpaired) electrons. The van der Waals surface area contributed by atoms with E-state index in [9.17, 15) is 14.0 Å². The van der Waals surface area contributed by atoms with Crippen LogP contribution in [0.15, 0.2) is 91.4 Å². The largest absolute Gasteiger partial charge is 0.496 e. The lowest BCUT2D eigenvalue weighted by Crippen LogP contribution is -2.52. The van der Waals surface area contributed by atoms with Crippen molar-refractivity contribution in [1.82, 2.24) is 40.6 Å². The minimum Gasteiger partial charge on any atom is -0.496 e. The number of methoxy groups -OCH3 is 1. The molecule has 5 aromatic rings. The minimum atomic E-state index is -0.466. The number of nitrogens with zero attached hydrogens (tertiary/aromatic N) is 9. The number of aromatic nitrogens is 2. The standard InChI is InChI=1S/C61H78F2N12O5/c1-68(2)61(77)53-40-52-51(39-50(58(63)59(52)66-53)43-10-8-23-72(41-43)57(76)17-25-73-26-20-65-67-73)49-15-14-46(37-55(49)78-3)71-29-27-69(28-30-71)31-33-80-35-34-79-32-18-44-42-75(56-38-47(16-19-64-56)70-21-5-4-6-22-70)54-13-9-24-74(60(44)54)48-12-7-11-45(62)36-48/h7,10-12,14-16,19-20,26,36-40,44,54,60,65-67H,4-6,8-9,13,17-18,21-25,27-35,41-42H2,1-3H3/t44-,54-,60-/m1/s1. The number of halogens is 2. The Hall–Kier alpha value is -6.93. The Labute approximate surface area is 469 Å². The highest BCUT2D eigenvalue weighted by molar-refractivity contribution is 6.05. The maximum atomic E-state index is 16.8. The van der Waals surface area contributed by atoms with Gasteiger partial charge < -0.3 is 54.0 Å². The molecule has 0 saturated carbocycles. The van der Waals surface area contributed by atoms with E-state index < -0.39 is 5.82 Å². The van der Waals surface area contributed by atoms with Gasteiger partial charge in [-0.2, -0.15) is 0 Å². The van der Waals surface area contributed by atoms with Gasteiger partial charge in [0.15, 0.2) is 5.82 Å². The zero-order chi connectivity index (χ0) is 55.1.